The van der Waals surface area contributed by atoms with Gasteiger partial charge < -0.3 is 14.5 Å². The van der Waals surface area contributed by atoms with Crippen molar-refractivity contribution in [1.82, 2.24) is 30.1 Å². The van der Waals surface area contributed by atoms with Gasteiger partial charge in [0.2, 0.25) is 0 Å². The number of nitrogens with one attached hydrogen (secondary N) is 1. The van der Waals surface area contributed by atoms with E-state index in [1.807, 2.05) is 35.9 Å². The number of hydrogen-bond donors (Lipinski definition) is 1. The first-order chi connectivity index (χ1) is 17.4. The molecule has 0 amide bonds. The third-order valence-electron chi connectivity index (χ3n) is 7.27. The number of hydrogen-bond acceptors (Lipinski definition) is 7. The Hall–Kier alpha value is -2.78. The summed E-state index contributed by atoms with van der Waals surface area (Å²) in [6.45, 7) is 13.2. The van der Waals surface area contributed by atoms with Crippen LogP contribution in [-0.2, 0) is 16.8 Å². The summed E-state index contributed by atoms with van der Waals surface area (Å²) in [5.41, 5.74) is 1.23. The van der Waals surface area contributed by atoms with E-state index in [0.717, 1.165) is 67.7 Å². The highest BCUT2D eigenvalue weighted by Gasteiger charge is 2.33. The van der Waals surface area contributed by atoms with Gasteiger partial charge in [-0.25, -0.2) is 4.68 Å². The zero-order chi connectivity index (χ0) is 25.7. The lowest BCUT2D eigenvalue weighted by Crippen LogP contribution is -2.39. The van der Waals surface area contributed by atoms with Crippen molar-refractivity contribution in [3.8, 4) is 5.75 Å². The smallest absolute Gasteiger partial charge is 0.252 e. The third-order valence-corrected chi connectivity index (χ3v) is 7.27. The van der Waals surface area contributed by atoms with Gasteiger partial charge >= 0.3 is 0 Å². The van der Waals surface area contributed by atoms with Gasteiger partial charge in [-0.1, -0.05) is 20.3 Å². The standard InChI is InChI=1S/C27H40N6O3/c1-6-10-24(25-29-30-31-33(25)27(4,5)7-2)32(18-22-11-9-14-36-22)17-20-15-19-16-21(35-8-3)12-13-23(19)28-26(20)34/h12-13,15-16,22,24H,6-11,14,17-18H2,1-5H3,(H,28,34)/t22-,24-/m0/s1. The van der Waals surface area contributed by atoms with Gasteiger partial charge in [-0.05, 0) is 81.1 Å². The Labute approximate surface area is 213 Å². The number of H-pyrrole nitrogens is 1. The number of pyridine rings is 1. The van der Waals surface area contributed by atoms with Gasteiger partial charge in [0.1, 0.15) is 5.75 Å². The largest absolute Gasteiger partial charge is 0.494 e. The molecular weight excluding hydrogens is 456 g/mol. The number of nitrogens with zero attached hydrogens (tertiary/aromatic N) is 5. The van der Waals surface area contributed by atoms with Crippen LogP contribution in [0.1, 0.15) is 84.2 Å². The number of aromatic nitrogens is 5. The molecule has 1 aliphatic heterocycles. The maximum absolute atomic E-state index is 13.2. The third kappa shape index (κ3) is 5.78. The Morgan fingerprint density at radius 3 is 2.81 bits per heavy atom. The van der Waals surface area contributed by atoms with Crippen LogP contribution in [0.3, 0.4) is 0 Å². The second-order valence-electron chi connectivity index (χ2n) is 10.3. The lowest BCUT2D eigenvalue weighted by molar-refractivity contribution is 0.0462. The van der Waals surface area contributed by atoms with Crippen LogP contribution in [0.25, 0.3) is 10.9 Å². The summed E-state index contributed by atoms with van der Waals surface area (Å²) in [5.74, 6) is 1.64. The van der Waals surface area contributed by atoms with Crippen molar-refractivity contribution >= 4 is 10.9 Å². The van der Waals surface area contributed by atoms with E-state index in [1.165, 1.54) is 0 Å². The fraction of sp³-hybridized carbons (Fsp3) is 0.630. The maximum atomic E-state index is 13.2. The first-order valence-electron chi connectivity index (χ1n) is 13.3. The molecular formula is C27H40N6O3. The summed E-state index contributed by atoms with van der Waals surface area (Å²) in [5, 5.41) is 13.9. The van der Waals surface area contributed by atoms with Crippen molar-refractivity contribution in [1.29, 1.82) is 0 Å². The molecule has 196 valence electrons. The number of benzene rings is 1. The molecule has 0 saturated carbocycles. The molecule has 2 aromatic heterocycles. The normalized spacial score (nSPS) is 17.2. The second kappa shape index (κ2) is 11.5. The van der Waals surface area contributed by atoms with Crippen molar-refractivity contribution in [2.24, 2.45) is 0 Å². The van der Waals surface area contributed by atoms with Gasteiger partial charge in [0.05, 0.1) is 24.3 Å². The minimum atomic E-state index is -0.212. The van der Waals surface area contributed by atoms with Gasteiger partial charge in [0.15, 0.2) is 5.82 Å². The molecule has 9 heteroatoms. The molecule has 0 unspecified atom stereocenters. The minimum absolute atomic E-state index is 0.0371. The number of ether oxygens (including phenoxy) is 2. The molecule has 0 aliphatic carbocycles. The molecule has 4 rings (SSSR count). The molecule has 0 spiro atoms. The maximum Gasteiger partial charge on any atom is 0.252 e. The molecule has 1 aliphatic rings. The van der Waals surface area contributed by atoms with Crippen LogP contribution in [0.15, 0.2) is 29.1 Å². The van der Waals surface area contributed by atoms with Crippen molar-refractivity contribution in [2.45, 2.75) is 91.0 Å². The van der Waals surface area contributed by atoms with E-state index >= 15 is 0 Å². The summed E-state index contributed by atoms with van der Waals surface area (Å²) >= 11 is 0. The molecule has 1 N–H and O–H groups in total. The average molecular weight is 497 g/mol. The molecule has 1 aromatic carbocycles. The summed E-state index contributed by atoms with van der Waals surface area (Å²) in [6, 6.07) is 7.72. The van der Waals surface area contributed by atoms with Crippen molar-refractivity contribution in [2.75, 3.05) is 19.8 Å². The zero-order valence-electron chi connectivity index (χ0n) is 22.3. The highest BCUT2D eigenvalue weighted by Crippen LogP contribution is 2.31. The van der Waals surface area contributed by atoms with Crippen LogP contribution in [-0.4, -0.2) is 56.0 Å². The van der Waals surface area contributed by atoms with Gasteiger partial charge in [-0.3, -0.25) is 9.69 Å². The van der Waals surface area contributed by atoms with Crippen LogP contribution in [0.2, 0.25) is 0 Å². The predicted octanol–water partition coefficient (Wildman–Crippen LogP) is 4.58. The van der Waals surface area contributed by atoms with E-state index in [-0.39, 0.29) is 23.2 Å². The molecule has 1 saturated heterocycles. The molecule has 0 radical (unpaired) electrons. The van der Waals surface area contributed by atoms with Crippen molar-refractivity contribution < 1.29 is 9.47 Å². The Morgan fingerprint density at radius 2 is 2.11 bits per heavy atom. The average Bonchev–Trinajstić information content (AvgIpc) is 3.56. The van der Waals surface area contributed by atoms with Crippen LogP contribution < -0.4 is 10.3 Å². The molecule has 9 nitrogen and oxygen atoms in total. The number of fused-ring (bicyclic) bond motifs is 1. The summed E-state index contributed by atoms with van der Waals surface area (Å²) in [7, 11) is 0. The number of aromatic amines is 1. The predicted molar refractivity (Wildman–Crippen MR) is 140 cm³/mol. The van der Waals surface area contributed by atoms with E-state index in [4.69, 9.17) is 9.47 Å². The highest BCUT2D eigenvalue weighted by atomic mass is 16.5. The summed E-state index contributed by atoms with van der Waals surface area (Å²) in [4.78, 5) is 18.6. The monoisotopic (exact) mass is 496 g/mol. The number of tetrazole rings is 1. The van der Waals surface area contributed by atoms with E-state index in [0.29, 0.717) is 18.7 Å². The van der Waals surface area contributed by atoms with Crippen LogP contribution >= 0.6 is 0 Å². The van der Waals surface area contributed by atoms with Gasteiger partial charge in [-0.2, -0.15) is 0 Å². The Bertz CT molecular complexity index is 1200. The lowest BCUT2D eigenvalue weighted by Gasteiger charge is -2.34. The van der Waals surface area contributed by atoms with E-state index in [9.17, 15) is 4.79 Å². The fourth-order valence-electron chi connectivity index (χ4n) is 4.91. The minimum Gasteiger partial charge on any atom is -0.494 e. The molecule has 3 heterocycles. The topological polar surface area (TPSA) is 98.2 Å². The first kappa shape index (κ1) is 26.3. The summed E-state index contributed by atoms with van der Waals surface area (Å²) in [6.07, 6.45) is 4.98. The second-order valence-corrected chi connectivity index (χ2v) is 10.3. The first-order valence-corrected chi connectivity index (χ1v) is 13.3. The Kier molecular flexibility index (Phi) is 8.41. The van der Waals surface area contributed by atoms with Crippen LogP contribution in [0, 0.1) is 0 Å². The molecule has 0 bridgehead atoms. The quantitative estimate of drug-likeness (QED) is 0.392. The Morgan fingerprint density at radius 1 is 1.28 bits per heavy atom. The molecule has 3 aromatic rings. The van der Waals surface area contributed by atoms with E-state index in [2.05, 4.69) is 53.1 Å². The van der Waals surface area contributed by atoms with Crippen LogP contribution in [0.5, 0.6) is 5.75 Å². The van der Waals surface area contributed by atoms with Crippen molar-refractivity contribution in [3.63, 3.8) is 0 Å². The van der Waals surface area contributed by atoms with Gasteiger partial charge in [0.25, 0.3) is 5.56 Å². The zero-order valence-corrected chi connectivity index (χ0v) is 22.3. The van der Waals surface area contributed by atoms with Gasteiger partial charge in [-0.15, -0.1) is 5.10 Å². The lowest BCUT2D eigenvalue weighted by atomic mass is 10.0. The van der Waals surface area contributed by atoms with E-state index in [1.54, 1.807) is 0 Å². The number of rotatable bonds is 12. The molecule has 1 fully saturated rings. The Balaban J connectivity index is 1.73. The highest BCUT2D eigenvalue weighted by molar-refractivity contribution is 5.80. The van der Waals surface area contributed by atoms with E-state index < -0.39 is 0 Å². The fourth-order valence-corrected chi connectivity index (χ4v) is 4.91. The van der Waals surface area contributed by atoms with Gasteiger partial charge in [0, 0.05) is 36.2 Å². The van der Waals surface area contributed by atoms with Crippen molar-refractivity contribution in [3.05, 3.63) is 46.0 Å². The SMILES string of the molecule is CCC[C@@H](c1nnnn1C(C)(C)CC)N(Cc1cc2cc(OCC)ccc2[nH]c1=O)C[C@@H]1CCCO1. The van der Waals surface area contributed by atoms with Crippen LogP contribution in [0.4, 0.5) is 0 Å². The molecule has 2 atom stereocenters. The molecule has 36 heavy (non-hydrogen) atoms. The summed E-state index contributed by atoms with van der Waals surface area (Å²) < 4.78 is 13.7.